The zero-order valence-electron chi connectivity index (χ0n) is 16.8. The Morgan fingerprint density at radius 1 is 1.28 bits per heavy atom. The highest BCUT2D eigenvalue weighted by atomic mass is 35.5. The Kier molecular flexibility index (Phi) is 6.24. The number of rotatable bonds is 6. The molecule has 29 heavy (non-hydrogen) atoms. The Bertz CT molecular complexity index is 1190. The SMILES string of the molecule is CSc1nn2c(C)c(CCN(C)C)c(C)nc2c1S(=O)(=O)c1ccc(F)c(Cl)c1. The van der Waals surface area contributed by atoms with Crippen molar-refractivity contribution in [3.63, 3.8) is 0 Å². The normalized spacial score (nSPS) is 12.3. The van der Waals surface area contributed by atoms with Crippen molar-refractivity contribution in [1.29, 1.82) is 0 Å². The molecular formula is C19H22ClFN4O2S2. The van der Waals surface area contributed by atoms with Crippen LogP contribution in [0.15, 0.2) is 33.0 Å². The van der Waals surface area contributed by atoms with Crippen molar-refractivity contribution in [2.24, 2.45) is 0 Å². The molecule has 2 heterocycles. The van der Waals surface area contributed by atoms with Crippen LogP contribution in [0.5, 0.6) is 0 Å². The number of hydrogen-bond acceptors (Lipinski definition) is 6. The maximum Gasteiger partial charge on any atom is 0.213 e. The fraction of sp³-hybridized carbons (Fsp3) is 0.368. The lowest BCUT2D eigenvalue weighted by atomic mass is 10.1. The molecule has 0 aliphatic carbocycles. The molecule has 0 amide bonds. The fourth-order valence-corrected chi connectivity index (χ4v) is 5.81. The molecule has 0 radical (unpaired) electrons. The fourth-order valence-electron chi connectivity index (χ4n) is 3.15. The largest absolute Gasteiger partial charge is 0.309 e. The Balaban J connectivity index is 2.26. The van der Waals surface area contributed by atoms with E-state index in [0.29, 0.717) is 5.03 Å². The summed E-state index contributed by atoms with van der Waals surface area (Å²) in [4.78, 5) is 6.59. The van der Waals surface area contributed by atoms with Crippen LogP contribution >= 0.6 is 23.4 Å². The molecule has 3 rings (SSSR count). The van der Waals surface area contributed by atoms with Gasteiger partial charge in [-0.2, -0.15) is 5.10 Å². The second-order valence-corrected chi connectivity index (χ2v) is 10.1. The molecule has 3 aromatic rings. The van der Waals surface area contributed by atoms with Gasteiger partial charge < -0.3 is 4.90 Å². The molecule has 1 aromatic carbocycles. The Labute approximate surface area is 179 Å². The predicted octanol–water partition coefficient (Wildman–Crippen LogP) is 3.80. The molecule has 0 aliphatic rings. The van der Waals surface area contributed by atoms with E-state index in [0.717, 1.165) is 42.0 Å². The minimum atomic E-state index is -4.00. The lowest BCUT2D eigenvalue weighted by Crippen LogP contribution is -2.17. The van der Waals surface area contributed by atoms with Crippen molar-refractivity contribution in [3.05, 3.63) is 46.0 Å². The number of thioether (sulfide) groups is 1. The summed E-state index contributed by atoms with van der Waals surface area (Å²) in [7, 11) is -0.0125. The maximum absolute atomic E-state index is 13.5. The third-order valence-corrected chi connectivity index (χ3v) is 7.61. The van der Waals surface area contributed by atoms with Crippen molar-refractivity contribution < 1.29 is 12.8 Å². The van der Waals surface area contributed by atoms with Gasteiger partial charge in [0.2, 0.25) is 9.84 Å². The summed E-state index contributed by atoms with van der Waals surface area (Å²) in [5.74, 6) is -0.675. The van der Waals surface area contributed by atoms with Crippen molar-refractivity contribution >= 4 is 38.8 Å². The molecule has 0 spiro atoms. The molecule has 156 valence electrons. The highest BCUT2D eigenvalue weighted by molar-refractivity contribution is 7.99. The van der Waals surface area contributed by atoms with Gasteiger partial charge in [0.1, 0.15) is 10.8 Å². The standard InChI is InChI=1S/C19H22ClFN4O2S2/c1-11-14(8-9-24(3)4)12(2)25-18(22-11)17(19(23-25)28-5)29(26,27)13-6-7-16(21)15(20)10-13/h6-7,10H,8-9H2,1-5H3. The molecule has 0 saturated carbocycles. The van der Waals surface area contributed by atoms with Gasteiger partial charge in [-0.25, -0.2) is 22.3 Å². The smallest absolute Gasteiger partial charge is 0.213 e. The zero-order chi connectivity index (χ0) is 21.5. The van der Waals surface area contributed by atoms with E-state index in [1.165, 1.54) is 17.8 Å². The van der Waals surface area contributed by atoms with Gasteiger partial charge in [0.25, 0.3) is 0 Å². The molecule has 0 fully saturated rings. The average Bonchev–Trinajstić information content (AvgIpc) is 3.02. The van der Waals surface area contributed by atoms with Gasteiger partial charge in [-0.1, -0.05) is 11.6 Å². The molecular weight excluding hydrogens is 435 g/mol. The molecule has 10 heteroatoms. The number of hydrogen-bond donors (Lipinski definition) is 0. The van der Waals surface area contributed by atoms with E-state index >= 15 is 0 Å². The predicted molar refractivity (Wildman–Crippen MR) is 113 cm³/mol. The van der Waals surface area contributed by atoms with Gasteiger partial charge in [0.05, 0.1) is 9.92 Å². The van der Waals surface area contributed by atoms with Crippen LogP contribution < -0.4 is 0 Å². The van der Waals surface area contributed by atoms with Crippen LogP contribution in [0.1, 0.15) is 17.0 Å². The Morgan fingerprint density at radius 2 is 1.97 bits per heavy atom. The van der Waals surface area contributed by atoms with Crippen LogP contribution in [0.2, 0.25) is 5.02 Å². The van der Waals surface area contributed by atoms with Crippen LogP contribution in [-0.4, -0.2) is 54.8 Å². The highest BCUT2D eigenvalue weighted by Crippen LogP contribution is 2.34. The van der Waals surface area contributed by atoms with Crippen LogP contribution in [-0.2, 0) is 16.3 Å². The molecule has 0 bridgehead atoms. The second-order valence-electron chi connectivity index (χ2n) is 6.97. The summed E-state index contributed by atoms with van der Waals surface area (Å²) in [5, 5.41) is 4.60. The lowest BCUT2D eigenvalue weighted by Gasteiger charge is -2.14. The van der Waals surface area contributed by atoms with Crippen molar-refractivity contribution in [2.45, 2.75) is 35.1 Å². The van der Waals surface area contributed by atoms with E-state index in [-0.39, 0.29) is 20.5 Å². The second kappa shape index (κ2) is 8.22. The van der Waals surface area contributed by atoms with Crippen LogP contribution in [0, 0.1) is 19.7 Å². The quantitative estimate of drug-likeness (QED) is 0.415. The van der Waals surface area contributed by atoms with E-state index in [4.69, 9.17) is 11.6 Å². The van der Waals surface area contributed by atoms with E-state index in [9.17, 15) is 12.8 Å². The number of aromatic nitrogens is 3. The monoisotopic (exact) mass is 456 g/mol. The van der Waals surface area contributed by atoms with Gasteiger partial charge in [0.15, 0.2) is 10.5 Å². The summed E-state index contributed by atoms with van der Waals surface area (Å²) >= 11 is 7.04. The highest BCUT2D eigenvalue weighted by Gasteiger charge is 2.30. The molecule has 2 aromatic heterocycles. The Morgan fingerprint density at radius 3 is 2.55 bits per heavy atom. The number of halogens is 2. The molecule has 0 unspecified atom stereocenters. The number of aryl methyl sites for hydroxylation is 2. The van der Waals surface area contributed by atoms with Gasteiger partial charge in [-0.3, -0.25) is 0 Å². The van der Waals surface area contributed by atoms with Gasteiger partial charge in [-0.05, 0) is 64.4 Å². The first-order valence-corrected chi connectivity index (χ1v) is 11.9. The number of fused-ring (bicyclic) bond motifs is 1. The molecule has 0 N–H and O–H groups in total. The minimum Gasteiger partial charge on any atom is -0.309 e. The third kappa shape index (κ3) is 4.01. The van der Waals surface area contributed by atoms with E-state index in [1.807, 2.05) is 27.9 Å². The van der Waals surface area contributed by atoms with Crippen molar-refractivity contribution in [2.75, 3.05) is 26.9 Å². The number of nitrogens with zero attached hydrogens (tertiary/aromatic N) is 4. The van der Waals surface area contributed by atoms with Gasteiger partial charge in [0, 0.05) is 17.9 Å². The van der Waals surface area contributed by atoms with Crippen LogP contribution in [0.3, 0.4) is 0 Å². The average molecular weight is 457 g/mol. The Hall–Kier alpha value is -1.68. The number of sulfone groups is 1. The maximum atomic E-state index is 13.5. The van der Waals surface area contributed by atoms with Crippen molar-refractivity contribution in [1.82, 2.24) is 19.5 Å². The lowest BCUT2D eigenvalue weighted by molar-refractivity contribution is 0.412. The summed E-state index contributed by atoms with van der Waals surface area (Å²) in [6.45, 7) is 4.62. The summed E-state index contributed by atoms with van der Waals surface area (Å²) in [6.07, 6.45) is 2.53. The van der Waals surface area contributed by atoms with Crippen LogP contribution in [0.25, 0.3) is 5.65 Å². The summed E-state index contributed by atoms with van der Waals surface area (Å²) < 4.78 is 41.9. The molecule has 0 atom stereocenters. The minimum absolute atomic E-state index is 0.0121. The van der Waals surface area contributed by atoms with Crippen molar-refractivity contribution in [3.8, 4) is 0 Å². The summed E-state index contributed by atoms with van der Waals surface area (Å²) in [6, 6.07) is 3.36. The number of likely N-dealkylation sites (N-methyl/N-ethyl adjacent to an activating group) is 1. The van der Waals surface area contributed by atoms with E-state index < -0.39 is 15.7 Å². The van der Waals surface area contributed by atoms with E-state index in [1.54, 1.807) is 10.8 Å². The molecule has 0 aliphatic heterocycles. The first-order valence-electron chi connectivity index (χ1n) is 8.85. The first kappa shape index (κ1) is 22.0. The van der Waals surface area contributed by atoms with Gasteiger partial charge in [-0.15, -0.1) is 11.8 Å². The first-order chi connectivity index (χ1) is 13.6. The topological polar surface area (TPSA) is 67.6 Å². The van der Waals surface area contributed by atoms with Crippen LogP contribution in [0.4, 0.5) is 4.39 Å². The van der Waals surface area contributed by atoms with E-state index in [2.05, 4.69) is 15.0 Å². The summed E-state index contributed by atoms with van der Waals surface area (Å²) in [5.41, 5.74) is 2.91. The number of benzene rings is 1. The molecule has 6 nitrogen and oxygen atoms in total. The molecule has 0 saturated heterocycles. The van der Waals surface area contributed by atoms with Gasteiger partial charge >= 0.3 is 0 Å². The zero-order valence-corrected chi connectivity index (χ0v) is 19.2. The third-order valence-electron chi connectivity index (χ3n) is 4.73.